The zero-order valence-electron chi connectivity index (χ0n) is 28.5. The highest BCUT2D eigenvalue weighted by Gasteiger charge is 2.46. The van der Waals surface area contributed by atoms with Crippen LogP contribution in [0.1, 0.15) is 87.3 Å². The van der Waals surface area contributed by atoms with E-state index in [4.69, 9.17) is 4.74 Å². The fraction of sp³-hybridized carbons (Fsp3) is 0.256. The van der Waals surface area contributed by atoms with Gasteiger partial charge in [0.05, 0.1) is 17.7 Å². The van der Waals surface area contributed by atoms with Crippen molar-refractivity contribution in [3.05, 3.63) is 169 Å². The quantitative estimate of drug-likeness (QED) is 0.119. The van der Waals surface area contributed by atoms with E-state index < -0.39 is 22.9 Å². The average molecular weight is 683 g/mol. The average Bonchev–Trinajstić information content (AvgIpc) is 3.90. The van der Waals surface area contributed by atoms with Gasteiger partial charge in [0.25, 0.3) is 5.56 Å². The molecule has 8 rings (SSSR count). The van der Waals surface area contributed by atoms with E-state index in [2.05, 4.69) is 109 Å². The van der Waals surface area contributed by atoms with Crippen LogP contribution in [0.4, 0.5) is 4.39 Å². The lowest BCUT2D eigenvalue weighted by atomic mass is 9.74. The molecule has 1 fully saturated rings. The van der Waals surface area contributed by atoms with Gasteiger partial charge in [-0.25, -0.2) is 9.18 Å². The Balaban J connectivity index is 1.28. The van der Waals surface area contributed by atoms with Gasteiger partial charge in [-0.3, -0.25) is 14.1 Å². The molecule has 1 aliphatic heterocycles. The van der Waals surface area contributed by atoms with E-state index in [1.165, 1.54) is 37.7 Å². The molecule has 6 aromatic rings. The zero-order chi connectivity index (χ0) is 34.6. The molecule has 5 nitrogen and oxygen atoms in total. The van der Waals surface area contributed by atoms with E-state index >= 15 is 4.39 Å². The summed E-state index contributed by atoms with van der Waals surface area (Å²) in [5, 5.41) is 0. The van der Waals surface area contributed by atoms with Crippen LogP contribution >= 0.6 is 11.3 Å². The number of fused-ring (bicyclic) bond motifs is 2. The van der Waals surface area contributed by atoms with Crippen molar-refractivity contribution in [3.63, 3.8) is 0 Å². The van der Waals surface area contributed by atoms with Crippen molar-refractivity contribution in [2.24, 2.45) is 0 Å². The van der Waals surface area contributed by atoms with Gasteiger partial charge in [-0.1, -0.05) is 91.0 Å². The molecular weight excluding hydrogens is 644 g/mol. The molecule has 2 aliphatic rings. The maximum absolute atomic E-state index is 16.4. The number of esters is 1. The number of hydrogen-bond donors (Lipinski definition) is 0. The number of pyridine rings is 2. The largest absolute Gasteiger partial charge is 0.462 e. The van der Waals surface area contributed by atoms with Crippen molar-refractivity contribution in [1.29, 1.82) is 0 Å². The smallest absolute Gasteiger partial charge is 0.343 e. The number of benzene rings is 3. The molecule has 0 N–H and O–H groups in total. The number of aryl methyl sites for hydroxylation is 1. The lowest BCUT2D eigenvalue weighted by Crippen LogP contribution is -2.51. The lowest BCUT2D eigenvalue weighted by Gasteiger charge is -2.50. The molecule has 0 spiro atoms. The molecule has 3 aromatic heterocycles. The molecule has 0 bridgehead atoms. The van der Waals surface area contributed by atoms with Crippen LogP contribution in [0, 0.1) is 12.7 Å². The molecule has 1 unspecified atom stereocenters. The van der Waals surface area contributed by atoms with Gasteiger partial charge in [0, 0.05) is 34.1 Å². The van der Waals surface area contributed by atoms with Crippen molar-refractivity contribution >= 4 is 22.8 Å². The van der Waals surface area contributed by atoms with E-state index in [0.29, 0.717) is 11.1 Å². The lowest BCUT2D eigenvalue weighted by molar-refractivity contribution is 0.0524. The maximum atomic E-state index is 16.4. The van der Waals surface area contributed by atoms with Crippen LogP contribution in [0.15, 0.2) is 114 Å². The van der Waals surface area contributed by atoms with Gasteiger partial charge < -0.3 is 4.74 Å². The van der Waals surface area contributed by atoms with Crippen molar-refractivity contribution in [3.8, 4) is 10.4 Å². The molecule has 0 radical (unpaired) electrons. The van der Waals surface area contributed by atoms with Gasteiger partial charge >= 0.3 is 5.97 Å². The number of halogens is 1. The number of hydrogen-bond acceptors (Lipinski definition) is 5. The Labute approximate surface area is 295 Å². The van der Waals surface area contributed by atoms with E-state index in [1.807, 2.05) is 6.92 Å². The van der Waals surface area contributed by atoms with E-state index in [9.17, 15) is 9.59 Å². The van der Waals surface area contributed by atoms with Crippen molar-refractivity contribution in [1.82, 2.24) is 9.30 Å². The second-order valence-corrected chi connectivity index (χ2v) is 14.5. The minimum atomic E-state index is -0.669. The minimum Gasteiger partial charge on any atom is -0.462 e. The molecule has 7 heteroatoms. The molecule has 4 heterocycles. The van der Waals surface area contributed by atoms with Gasteiger partial charge in [-0.15, -0.1) is 11.3 Å². The number of nitrogens with zero attached hydrogens (tertiary/aromatic N) is 2. The van der Waals surface area contributed by atoms with Gasteiger partial charge in [-0.2, -0.15) is 0 Å². The van der Waals surface area contributed by atoms with Gasteiger partial charge in [0.2, 0.25) is 0 Å². The third-order valence-electron chi connectivity index (χ3n) is 10.6. The first kappa shape index (κ1) is 32.4. The summed E-state index contributed by atoms with van der Waals surface area (Å²) in [6.45, 7) is 6.85. The summed E-state index contributed by atoms with van der Waals surface area (Å²) >= 11 is 1.64. The summed E-state index contributed by atoms with van der Waals surface area (Å²) < 4.78 is 22.9. The summed E-state index contributed by atoms with van der Waals surface area (Å²) in [6, 6.07) is 36.1. The third-order valence-corrected chi connectivity index (χ3v) is 11.9. The third kappa shape index (κ3) is 5.14. The Morgan fingerprint density at radius 3 is 2.04 bits per heavy atom. The zero-order valence-corrected chi connectivity index (χ0v) is 29.3. The van der Waals surface area contributed by atoms with Crippen LogP contribution < -0.4 is 5.56 Å². The summed E-state index contributed by atoms with van der Waals surface area (Å²) in [5.41, 5.74) is 6.50. The van der Waals surface area contributed by atoms with Crippen molar-refractivity contribution in [2.75, 3.05) is 13.2 Å². The molecule has 3 aromatic carbocycles. The molecule has 1 saturated carbocycles. The number of thiophene rings is 1. The second kappa shape index (κ2) is 12.8. The second-order valence-electron chi connectivity index (χ2n) is 13.4. The number of carbonyl (C=O) groups excluding carboxylic acids is 1. The van der Waals surface area contributed by atoms with Crippen LogP contribution in [0.5, 0.6) is 0 Å². The van der Waals surface area contributed by atoms with Gasteiger partial charge in [0.15, 0.2) is 0 Å². The van der Waals surface area contributed by atoms with Crippen LogP contribution in [0.2, 0.25) is 0 Å². The Morgan fingerprint density at radius 1 is 0.920 bits per heavy atom. The molecule has 1 atom stereocenters. The highest BCUT2D eigenvalue weighted by molar-refractivity contribution is 7.15. The number of aromatic nitrogens is 1. The number of carbonyl (C=O) groups is 1. The van der Waals surface area contributed by atoms with Crippen LogP contribution in [0.3, 0.4) is 0 Å². The topological polar surface area (TPSA) is 51.0 Å². The summed E-state index contributed by atoms with van der Waals surface area (Å²) in [7, 11) is 0. The first-order chi connectivity index (χ1) is 24.3. The van der Waals surface area contributed by atoms with Crippen LogP contribution in [-0.4, -0.2) is 28.4 Å². The highest BCUT2D eigenvalue weighted by Crippen LogP contribution is 2.51. The standard InChI is InChI=1S/C43H39FN2O3S/c1-4-49-42(48)35-25-34(29-20-21-29)39-27(2)38(36(44)26-45(39)41(35)47)37-24-30-22-23-46(28(3)40(30)50-37)43(31-14-8-5-9-15-31,32-16-10-6-11-17-32)33-18-12-7-13-19-33/h5-19,24-26,28-29H,4,20-23H2,1-3H3. The van der Waals surface area contributed by atoms with Gasteiger partial charge in [0.1, 0.15) is 11.4 Å². The molecular formula is C43H39FN2O3S. The van der Waals surface area contributed by atoms with E-state index in [0.717, 1.165) is 41.8 Å². The van der Waals surface area contributed by atoms with Gasteiger partial charge in [-0.05, 0) is 91.5 Å². The molecule has 252 valence electrons. The molecule has 0 amide bonds. The first-order valence-electron chi connectivity index (χ1n) is 17.5. The first-order valence-corrected chi connectivity index (χ1v) is 18.3. The van der Waals surface area contributed by atoms with E-state index in [-0.39, 0.29) is 24.1 Å². The number of rotatable bonds is 8. The SMILES string of the molecule is CCOC(=O)c1cc(C2CC2)c2c(C)c(-c3cc4c(s3)C(C)N(C(c3ccccc3)(c3ccccc3)c3ccccc3)CC4)c(F)cn2c1=O. The fourth-order valence-corrected chi connectivity index (χ4v) is 9.58. The minimum absolute atomic E-state index is 0.0127. The van der Waals surface area contributed by atoms with E-state index in [1.54, 1.807) is 24.3 Å². The Hall–Kier alpha value is -4.85. The Morgan fingerprint density at radius 2 is 1.50 bits per heavy atom. The Bertz CT molecular complexity index is 2180. The molecule has 50 heavy (non-hydrogen) atoms. The van der Waals surface area contributed by atoms with Crippen molar-refractivity contribution < 1.29 is 13.9 Å². The fourth-order valence-electron chi connectivity index (χ4n) is 8.20. The van der Waals surface area contributed by atoms with Crippen LogP contribution in [-0.2, 0) is 16.7 Å². The molecule has 1 aliphatic carbocycles. The highest BCUT2D eigenvalue weighted by atomic mass is 32.1. The number of ether oxygens (including phenoxy) is 1. The normalized spacial score (nSPS) is 16.4. The summed E-state index contributed by atoms with van der Waals surface area (Å²) in [5.74, 6) is -0.920. The monoisotopic (exact) mass is 682 g/mol. The summed E-state index contributed by atoms with van der Waals surface area (Å²) in [4.78, 5) is 31.0. The molecule has 0 saturated heterocycles. The predicted molar refractivity (Wildman–Crippen MR) is 198 cm³/mol. The van der Waals surface area contributed by atoms with Crippen molar-refractivity contribution in [2.45, 2.75) is 57.5 Å². The maximum Gasteiger partial charge on any atom is 0.343 e. The predicted octanol–water partition coefficient (Wildman–Crippen LogP) is 9.44. The summed E-state index contributed by atoms with van der Waals surface area (Å²) in [6.07, 6.45) is 4.02. The Kier molecular flexibility index (Phi) is 8.28. The van der Waals surface area contributed by atoms with Crippen LogP contribution in [0.25, 0.3) is 16.0 Å².